The van der Waals surface area contributed by atoms with Crippen LogP contribution in [0.1, 0.15) is 15.9 Å². The average Bonchev–Trinajstić information content (AvgIpc) is 2.83. The van der Waals surface area contributed by atoms with E-state index in [0.29, 0.717) is 11.1 Å². The highest BCUT2D eigenvalue weighted by Gasteiger charge is 2.36. The smallest absolute Gasteiger partial charge is 0.292 e. The Morgan fingerprint density at radius 2 is 1.83 bits per heavy atom. The van der Waals surface area contributed by atoms with Gasteiger partial charge in [0, 0.05) is 5.56 Å². The van der Waals surface area contributed by atoms with E-state index in [1.54, 1.807) is 36.4 Å². The molecule has 1 saturated heterocycles. The summed E-state index contributed by atoms with van der Waals surface area (Å²) in [4.78, 5) is 37.6. The van der Waals surface area contributed by atoms with Gasteiger partial charge in [0.2, 0.25) is 0 Å². The lowest BCUT2D eigenvalue weighted by Crippen LogP contribution is -2.33. The van der Waals surface area contributed by atoms with E-state index in [1.165, 1.54) is 24.3 Å². The van der Waals surface area contributed by atoms with Gasteiger partial charge in [0.25, 0.3) is 11.1 Å². The minimum Gasteiger partial charge on any atom is -0.292 e. The third kappa shape index (κ3) is 3.44. The lowest BCUT2D eigenvalue weighted by molar-refractivity contribution is -0.122. The van der Waals surface area contributed by atoms with Crippen LogP contribution >= 0.6 is 11.8 Å². The first-order valence-corrected chi connectivity index (χ1v) is 7.95. The van der Waals surface area contributed by atoms with Crippen molar-refractivity contribution in [3.8, 4) is 0 Å². The lowest BCUT2D eigenvalue weighted by atomic mass is 10.1. The topological polar surface area (TPSA) is 54.5 Å². The molecule has 24 heavy (non-hydrogen) atoms. The molecule has 2 amide bonds. The summed E-state index contributed by atoms with van der Waals surface area (Å²) in [6.07, 6.45) is 1.45. The van der Waals surface area contributed by atoms with Crippen molar-refractivity contribution < 1.29 is 18.8 Å². The Morgan fingerprint density at radius 1 is 1.08 bits per heavy atom. The molecule has 1 heterocycles. The number of Topliss-reactive ketones (excluding diaryl/α,β-unsaturated/α-hetero) is 1. The van der Waals surface area contributed by atoms with E-state index in [2.05, 4.69) is 0 Å². The fourth-order valence-electron chi connectivity index (χ4n) is 2.24. The molecule has 0 N–H and O–H groups in total. The zero-order valence-corrected chi connectivity index (χ0v) is 13.3. The number of halogens is 1. The van der Waals surface area contributed by atoms with Crippen LogP contribution in [0.4, 0.5) is 9.18 Å². The van der Waals surface area contributed by atoms with Crippen molar-refractivity contribution in [2.45, 2.75) is 0 Å². The maximum absolute atomic E-state index is 13.2. The Kier molecular flexibility index (Phi) is 4.57. The van der Waals surface area contributed by atoms with Gasteiger partial charge in [-0.3, -0.25) is 19.3 Å². The van der Waals surface area contributed by atoms with Crippen LogP contribution in [0.3, 0.4) is 0 Å². The second kappa shape index (κ2) is 6.80. The highest BCUT2D eigenvalue weighted by atomic mass is 32.2. The first-order chi connectivity index (χ1) is 11.5. The van der Waals surface area contributed by atoms with Gasteiger partial charge in [-0.25, -0.2) is 4.39 Å². The van der Waals surface area contributed by atoms with E-state index in [-0.39, 0.29) is 17.2 Å². The second-order valence-corrected chi connectivity index (χ2v) is 6.11. The molecule has 2 aromatic carbocycles. The van der Waals surface area contributed by atoms with Gasteiger partial charge in [0.15, 0.2) is 5.78 Å². The number of carbonyl (C=O) groups is 3. The van der Waals surface area contributed by atoms with E-state index in [1.807, 2.05) is 0 Å². The van der Waals surface area contributed by atoms with Crippen LogP contribution in [0.5, 0.6) is 0 Å². The number of ketones is 1. The fraction of sp³-hybridized carbons (Fsp3) is 0.0556. The summed E-state index contributed by atoms with van der Waals surface area (Å²) in [5, 5.41) is -0.507. The molecule has 1 aliphatic heterocycles. The molecule has 0 spiro atoms. The molecule has 120 valence electrons. The van der Waals surface area contributed by atoms with Gasteiger partial charge < -0.3 is 0 Å². The first-order valence-electron chi connectivity index (χ1n) is 7.14. The normalized spacial score (nSPS) is 16.0. The molecule has 0 aromatic heterocycles. The van der Waals surface area contributed by atoms with Gasteiger partial charge >= 0.3 is 0 Å². The van der Waals surface area contributed by atoms with Crippen LogP contribution in [0.2, 0.25) is 0 Å². The number of benzene rings is 2. The molecule has 1 fully saturated rings. The van der Waals surface area contributed by atoms with E-state index in [4.69, 9.17) is 0 Å². The van der Waals surface area contributed by atoms with E-state index in [9.17, 15) is 18.8 Å². The number of nitrogens with zero attached hydrogens (tertiary/aromatic N) is 1. The Labute approximate surface area is 142 Å². The van der Waals surface area contributed by atoms with Crippen molar-refractivity contribution >= 4 is 34.8 Å². The predicted octanol–water partition coefficient (Wildman–Crippen LogP) is 3.74. The van der Waals surface area contributed by atoms with Crippen LogP contribution in [-0.2, 0) is 4.79 Å². The summed E-state index contributed by atoms with van der Waals surface area (Å²) < 4.78 is 13.2. The molecular formula is C18H12FNO3S. The Morgan fingerprint density at radius 3 is 2.54 bits per heavy atom. The Balaban J connectivity index is 1.78. The highest BCUT2D eigenvalue weighted by Crippen LogP contribution is 2.32. The van der Waals surface area contributed by atoms with Gasteiger partial charge in [-0.1, -0.05) is 42.5 Å². The molecule has 0 atom stereocenters. The van der Waals surface area contributed by atoms with Gasteiger partial charge in [-0.2, -0.15) is 0 Å². The fourth-order valence-corrected chi connectivity index (χ4v) is 3.08. The van der Waals surface area contributed by atoms with Crippen LogP contribution in [-0.4, -0.2) is 28.4 Å². The van der Waals surface area contributed by atoms with E-state index in [0.717, 1.165) is 16.7 Å². The molecule has 0 radical (unpaired) electrons. The monoisotopic (exact) mass is 341 g/mol. The molecule has 2 aromatic rings. The number of imide groups is 1. The van der Waals surface area contributed by atoms with Crippen molar-refractivity contribution in [2.75, 3.05) is 6.54 Å². The van der Waals surface area contributed by atoms with Crippen molar-refractivity contribution in [1.82, 2.24) is 4.90 Å². The summed E-state index contributed by atoms with van der Waals surface area (Å²) in [6.45, 7) is -0.310. The maximum atomic E-state index is 13.2. The van der Waals surface area contributed by atoms with Gasteiger partial charge in [-0.05, 0) is 35.5 Å². The molecule has 0 bridgehead atoms. The average molecular weight is 341 g/mol. The minimum absolute atomic E-state index is 0.173. The Bertz CT molecular complexity index is 848. The maximum Gasteiger partial charge on any atom is 0.293 e. The summed E-state index contributed by atoms with van der Waals surface area (Å²) in [5.74, 6) is -1.29. The summed E-state index contributed by atoms with van der Waals surface area (Å²) in [7, 11) is 0. The first kappa shape index (κ1) is 16.1. The van der Waals surface area contributed by atoms with Gasteiger partial charge in [-0.15, -0.1) is 0 Å². The number of hydrogen-bond acceptors (Lipinski definition) is 4. The molecule has 0 saturated carbocycles. The molecule has 6 heteroatoms. The summed E-state index contributed by atoms with van der Waals surface area (Å²) in [6, 6.07) is 14.2. The van der Waals surface area contributed by atoms with Crippen LogP contribution in [0, 0.1) is 5.82 Å². The summed E-state index contributed by atoms with van der Waals surface area (Å²) in [5.41, 5.74) is 0.917. The van der Waals surface area contributed by atoms with Crippen LogP contribution < -0.4 is 0 Å². The number of hydrogen-bond donors (Lipinski definition) is 0. The van der Waals surface area contributed by atoms with Crippen LogP contribution in [0.25, 0.3) is 6.08 Å². The lowest BCUT2D eigenvalue weighted by Gasteiger charge is -2.11. The van der Waals surface area contributed by atoms with Crippen molar-refractivity contribution in [1.29, 1.82) is 0 Å². The second-order valence-electron chi connectivity index (χ2n) is 5.11. The molecule has 0 aliphatic carbocycles. The van der Waals surface area contributed by atoms with Crippen molar-refractivity contribution in [3.05, 3.63) is 76.4 Å². The van der Waals surface area contributed by atoms with E-state index < -0.39 is 17.0 Å². The standard InChI is InChI=1S/C18H12FNO3S/c19-14-8-4-5-12(9-14)10-16-17(22)20(18(23)24-16)11-15(21)13-6-2-1-3-7-13/h1-10H,11H2/b16-10+. The van der Waals surface area contributed by atoms with Gasteiger partial charge in [0.1, 0.15) is 5.82 Å². The SMILES string of the molecule is O=C(CN1C(=O)S/C(=C/c2cccc(F)c2)C1=O)c1ccccc1. The molecule has 1 aliphatic rings. The predicted molar refractivity (Wildman–Crippen MR) is 89.8 cm³/mol. The third-order valence-electron chi connectivity index (χ3n) is 3.42. The number of thioether (sulfide) groups is 1. The van der Waals surface area contributed by atoms with Crippen molar-refractivity contribution in [2.24, 2.45) is 0 Å². The van der Waals surface area contributed by atoms with Crippen molar-refractivity contribution in [3.63, 3.8) is 0 Å². The van der Waals surface area contributed by atoms with Gasteiger partial charge in [0.05, 0.1) is 11.4 Å². The molecule has 0 unspecified atom stereocenters. The third-order valence-corrected chi connectivity index (χ3v) is 4.32. The molecule has 4 nitrogen and oxygen atoms in total. The highest BCUT2D eigenvalue weighted by molar-refractivity contribution is 8.18. The summed E-state index contributed by atoms with van der Waals surface area (Å²) >= 11 is 0.744. The zero-order valence-electron chi connectivity index (χ0n) is 12.4. The largest absolute Gasteiger partial charge is 0.293 e. The Hall–Kier alpha value is -2.73. The molecule has 3 rings (SSSR count). The number of rotatable bonds is 4. The number of amides is 2. The minimum atomic E-state index is -0.543. The molecular weight excluding hydrogens is 329 g/mol. The zero-order chi connectivity index (χ0) is 17.1. The van der Waals surface area contributed by atoms with Crippen LogP contribution in [0.15, 0.2) is 59.5 Å². The van der Waals surface area contributed by atoms with E-state index >= 15 is 0 Å². The quantitative estimate of drug-likeness (QED) is 0.628. The number of carbonyl (C=O) groups excluding carboxylic acids is 3.